The molecule has 0 atom stereocenters. The summed E-state index contributed by atoms with van der Waals surface area (Å²) in [5.41, 5.74) is 8.19. The van der Waals surface area contributed by atoms with E-state index in [4.69, 9.17) is 9.96 Å². The van der Waals surface area contributed by atoms with E-state index >= 15 is 0 Å². The number of azide groups is 1. The molecular weight excluding hydrogens is 213 g/mol. The summed E-state index contributed by atoms with van der Waals surface area (Å²) in [6, 6.07) is 4.18. The Bertz CT molecular complexity index is 410. The molecule has 0 N–H and O–H groups in total. The number of hydrogen-bond donors (Lipinski definition) is 0. The van der Waals surface area contributed by atoms with Crippen LogP contribution < -0.4 is 4.43 Å². The molecule has 0 heterocycles. The van der Waals surface area contributed by atoms with E-state index in [0.29, 0.717) is 5.75 Å². The van der Waals surface area contributed by atoms with Gasteiger partial charge >= 0.3 is 0 Å². The van der Waals surface area contributed by atoms with Crippen molar-refractivity contribution >= 4 is 14.0 Å². The zero-order chi connectivity index (χ0) is 11.5. The highest BCUT2D eigenvalue weighted by atomic mass is 28.4. The van der Waals surface area contributed by atoms with Crippen LogP contribution in [0.15, 0.2) is 23.3 Å². The van der Waals surface area contributed by atoms with Crippen LogP contribution in [0.2, 0.25) is 19.6 Å². The standard InChI is InChI=1S/C9H12FN3OSi/c1-15(2,3)14-7-4-5-8(10)9(6-7)12-13-11/h4-6H,1-3H3. The van der Waals surface area contributed by atoms with Gasteiger partial charge in [-0.05, 0) is 43.4 Å². The zero-order valence-electron chi connectivity index (χ0n) is 8.86. The van der Waals surface area contributed by atoms with Crippen LogP contribution in [0.5, 0.6) is 5.75 Å². The van der Waals surface area contributed by atoms with E-state index in [1.807, 2.05) is 19.6 Å². The van der Waals surface area contributed by atoms with Crippen LogP contribution in [-0.4, -0.2) is 8.32 Å². The fourth-order valence-electron chi connectivity index (χ4n) is 1.03. The Morgan fingerprint density at radius 3 is 2.60 bits per heavy atom. The van der Waals surface area contributed by atoms with Crippen molar-refractivity contribution in [3.05, 3.63) is 34.5 Å². The smallest absolute Gasteiger partial charge is 0.242 e. The van der Waals surface area contributed by atoms with Crippen LogP contribution in [-0.2, 0) is 0 Å². The first kappa shape index (κ1) is 11.6. The Morgan fingerprint density at radius 2 is 2.07 bits per heavy atom. The Hall–Kier alpha value is -1.52. The van der Waals surface area contributed by atoms with Crippen molar-refractivity contribution in [1.29, 1.82) is 0 Å². The molecule has 0 amide bonds. The third-order valence-electron chi connectivity index (χ3n) is 1.49. The molecule has 0 aliphatic rings. The molecule has 0 saturated carbocycles. The van der Waals surface area contributed by atoms with E-state index in [9.17, 15) is 4.39 Å². The van der Waals surface area contributed by atoms with E-state index in [1.165, 1.54) is 18.2 Å². The maximum absolute atomic E-state index is 13.1. The lowest BCUT2D eigenvalue weighted by Gasteiger charge is -2.19. The number of hydrogen-bond acceptors (Lipinski definition) is 2. The lowest BCUT2D eigenvalue weighted by Crippen LogP contribution is -2.29. The van der Waals surface area contributed by atoms with Gasteiger partial charge in [0, 0.05) is 4.91 Å². The van der Waals surface area contributed by atoms with Gasteiger partial charge in [-0.1, -0.05) is 5.11 Å². The zero-order valence-corrected chi connectivity index (χ0v) is 9.86. The second-order valence-electron chi connectivity index (χ2n) is 4.02. The number of rotatable bonds is 3. The Kier molecular flexibility index (Phi) is 3.34. The topological polar surface area (TPSA) is 58.0 Å². The molecule has 0 unspecified atom stereocenters. The van der Waals surface area contributed by atoms with Crippen LogP contribution in [0.3, 0.4) is 0 Å². The highest BCUT2D eigenvalue weighted by Gasteiger charge is 2.16. The Labute approximate surface area is 88.4 Å². The predicted octanol–water partition coefficient (Wildman–Crippen LogP) is 3.98. The molecule has 6 heteroatoms. The van der Waals surface area contributed by atoms with Gasteiger partial charge in [-0.3, -0.25) is 0 Å². The molecule has 1 rings (SSSR count). The van der Waals surface area contributed by atoms with Crippen molar-refractivity contribution in [3.8, 4) is 5.75 Å². The molecule has 4 nitrogen and oxygen atoms in total. The monoisotopic (exact) mass is 225 g/mol. The van der Waals surface area contributed by atoms with E-state index in [1.54, 1.807) is 0 Å². The second-order valence-corrected chi connectivity index (χ2v) is 8.45. The minimum atomic E-state index is -1.72. The molecule has 0 aliphatic heterocycles. The van der Waals surface area contributed by atoms with Crippen molar-refractivity contribution in [2.24, 2.45) is 5.11 Å². The summed E-state index contributed by atoms with van der Waals surface area (Å²) in [6.07, 6.45) is 0. The molecular formula is C9H12FN3OSi. The van der Waals surface area contributed by atoms with E-state index < -0.39 is 14.1 Å². The lowest BCUT2D eigenvalue weighted by atomic mass is 10.3. The van der Waals surface area contributed by atoms with Gasteiger partial charge in [0.1, 0.15) is 11.6 Å². The summed E-state index contributed by atoms with van der Waals surface area (Å²) in [5.74, 6) is -0.00584. The van der Waals surface area contributed by atoms with Crippen molar-refractivity contribution in [3.63, 3.8) is 0 Å². The van der Waals surface area contributed by atoms with Crippen molar-refractivity contribution in [2.75, 3.05) is 0 Å². The first-order chi connectivity index (χ1) is 6.92. The third kappa shape index (κ3) is 3.61. The molecule has 0 spiro atoms. The normalized spacial score (nSPS) is 10.7. The fourth-order valence-corrected chi connectivity index (χ4v) is 1.87. The quantitative estimate of drug-likeness (QED) is 0.332. The predicted molar refractivity (Wildman–Crippen MR) is 59.2 cm³/mol. The molecule has 1 aromatic rings. The minimum Gasteiger partial charge on any atom is -0.544 e. The van der Waals surface area contributed by atoms with Crippen molar-refractivity contribution in [2.45, 2.75) is 19.6 Å². The largest absolute Gasteiger partial charge is 0.544 e. The SMILES string of the molecule is C[Si](C)(C)Oc1ccc(F)c(N=[N+]=[N-])c1. The fraction of sp³-hybridized carbons (Fsp3) is 0.333. The summed E-state index contributed by atoms with van der Waals surface area (Å²) in [7, 11) is -1.72. The van der Waals surface area contributed by atoms with Gasteiger partial charge in [0.15, 0.2) is 0 Å². The number of nitrogens with zero attached hydrogens (tertiary/aromatic N) is 3. The van der Waals surface area contributed by atoms with Crippen molar-refractivity contribution in [1.82, 2.24) is 0 Å². The van der Waals surface area contributed by atoms with E-state index in [-0.39, 0.29) is 5.69 Å². The lowest BCUT2D eigenvalue weighted by molar-refractivity contribution is 0.553. The maximum atomic E-state index is 13.1. The highest BCUT2D eigenvalue weighted by Crippen LogP contribution is 2.25. The van der Waals surface area contributed by atoms with Crippen molar-refractivity contribution < 1.29 is 8.82 Å². The number of halogens is 1. The molecule has 0 fully saturated rings. The molecule has 80 valence electrons. The molecule has 0 bridgehead atoms. The summed E-state index contributed by atoms with van der Waals surface area (Å²) in [6.45, 7) is 6.05. The summed E-state index contributed by atoms with van der Waals surface area (Å²) in [4.78, 5) is 2.55. The van der Waals surface area contributed by atoms with Crippen LogP contribution in [0.1, 0.15) is 0 Å². The first-order valence-electron chi connectivity index (χ1n) is 4.46. The second kappa shape index (κ2) is 4.33. The van der Waals surface area contributed by atoms with Gasteiger partial charge in [0.25, 0.3) is 0 Å². The number of benzene rings is 1. The molecule has 0 saturated heterocycles. The Balaban J connectivity index is 3.02. The van der Waals surface area contributed by atoms with Crippen LogP contribution >= 0.6 is 0 Å². The average molecular weight is 225 g/mol. The Morgan fingerprint density at radius 1 is 1.40 bits per heavy atom. The van der Waals surface area contributed by atoms with E-state index in [2.05, 4.69) is 10.0 Å². The summed E-state index contributed by atoms with van der Waals surface area (Å²) >= 11 is 0. The van der Waals surface area contributed by atoms with Gasteiger partial charge in [-0.2, -0.15) is 0 Å². The highest BCUT2D eigenvalue weighted by molar-refractivity contribution is 6.70. The van der Waals surface area contributed by atoms with Gasteiger partial charge in [0.05, 0.1) is 5.69 Å². The van der Waals surface area contributed by atoms with Crippen LogP contribution in [0, 0.1) is 5.82 Å². The third-order valence-corrected chi connectivity index (χ3v) is 2.34. The molecule has 15 heavy (non-hydrogen) atoms. The van der Waals surface area contributed by atoms with Gasteiger partial charge in [-0.15, -0.1) is 0 Å². The first-order valence-corrected chi connectivity index (χ1v) is 7.87. The van der Waals surface area contributed by atoms with Gasteiger partial charge in [0.2, 0.25) is 8.32 Å². The molecule has 1 aromatic carbocycles. The van der Waals surface area contributed by atoms with Gasteiger partial charge < -0.3 is 4.43 Å². The minimum absolute atomic E-state index is 0.0340. The molecule has 0 aromatic heterocycles. The average Bonchev–Trinajstić information content (AvgIpc) is 2.09. The van der Waals surface area contributed by atoms with Crippen LogP contribution in [0.25, 0.3) is 10.4 Å². The van der Waals surface area contributed by atoms with E-state index in [0.717, 1.165) is 0 Å². The molecule has 0 aliphatic carbocycles. The maximum Gasteiger partial charge on any atom is 0.242 e. The van der Waals surface area contributed by atoms with Gasteiger partial charge in [-0.25, -0.2) is 4.39 Å². The van der Waals surface area contributed by atoms with Crippen LogP contribution in [0.4, 0.5) is 10.1 Å². The summed E-state index contributed by atoms with van der Waals surface area (Å²) in [5, 5.41) is 3.24. The summed E-state index contributed by atoms with van der Waals surface area (Å²) < 4.78 is 18.7. The molecule has 0 radical (unpaired) electrons.